The Labute approximate surface area is 356 Å². The SMILES string of the molecule is COc1ccc([Si](C)(C)[C@H]2[C@H](CC(=O)N3Cc4ccccc4C[C@H]3CO)O[C@@]3(C(=O)N(Cc4cccc(-n5ncc6ccccc6c5=O)c4)c4ccc(OC)cc43)[C@@H]2C)cc1. The van der Waals surface area contributed by atoms with Gasteiger partial charge in [0.15, 0.2) is 5.60 Å². The molecule has 2 amide bonds. The van der Waals surface area contributed by atoms with E-state index in [-0.39, 0.29) is 54.4 Å². The molecule has 5 atom stereocenters. The van der Waals surface area contributed by atoms with Gasteiger partial charge in [-0.3, -0.25) is 14.4 Å². The van der Waals surface area contributed by atoms with Gasteiger partial charge >= 0.3 is 0 Å². The minimum atomic E-state index is -2.58. The summed E-state index contributed by atoms with van der Waals surface area (Å²) in [4.78, 5) is 47.4. The van der Waals surface area contributed by atoms with Crippen LogP contribution in [0.15, 0.2) is 126 Å². The van der Waals surface area contributed by atoms with Crippen molar-refractivity contribution in [3.8, 4) is 17.2 Å². The molecule has 61 heavy (non-hydrogen) atoms. The van der Waals surface area contributed by atoms with Gasteiger partial charge < -0.3 is 29.1 Å². The Morgan fingerprint density at radius 1 is 0.885 bits per heavy atom. The quantitative estimate of drug-likeness (QED) is 0.155. The highest BCUT2D eigenvalue weighted by atomic mass is 28.3. The molecule has 3 aliphatic heterocycles. The lowest BCUT2D eigenvalue weighted by atomic mass is 9.82. The summed E-state index contributed by atoms with van der Waals surface area (Å²) in [7, 11) is 0.671. The number of hydrogen-bond acceptors (Lipinski definition) is 8. The highest BCUT2D eigenvalue weighted by molar-refractivity contribution is 6.91. The van der Waals surface area contributed by atoms with E-state index in [9.17, 15) is 14.7 Å². The Morgan fingerprint density at radius 2 is 1.61 bits per heavy atom. The average Bonchev–Trinajstić information content (AvgIpc) is 3.71. The molecule has 4 heterocycles. The smallest absolute Gasteiger partial charge is 0.279 e. The van der Waals surface area contributed by atoms with Crippen molar-refractivity contribution in [2.75, 3.05) is 25.7 Å². The number of carbonyl (C=O) groups is 2. The molecule has 0 radical (unpaired) electrons. The van der Waals surface area contributed by atoms with Crippen LogP contribution in [0.5, 0.6) is 11.5 Å². The van der Waals surface area contributed by atoms with E-state index < -0.39 is 19.8 Å². The molecule has 1 N–H and O–H groups in total. The molecule has 11 nitrogen and oxygen atoms in total. The maximum atomic E-state index is 15.6. The summed E-state index contributed by atoms with van der Waals surface area (Å²) in [6.07, 6.45) is 1.67. The molecule has 1 fully saturated rings. The number of aromatic nitrogens is 2. The van der Waals surface area contributed by atoms with Gasteiger partial charge in [-0.25, -0.2) is 0 Å². The molecule has 0 unspecified atom stereocenters. The Kier molecular flexibility index (Phi) is 10.4. The summed E-state index contributed by atoms with van der Waals surface area (Å²) in [6, 6.07) is 36.4. The number of benzene rings is 5. The zero-order valence-electron chi connectivity index (χ0n) is 35.1. The summed E-state index contributed by atoms with van der Waals surface area (Å²) in [5.41, 5.74) is 3.13. The summed E-state index contributed by atoms with van der Waals surface area (Å²) in [5, 5.41) is 17.5. The van der Waals surface area contributed by atoms with Gasteiger partial charge in [-0.05, 0) is 77.2 Å². The van der Waals surface area contributed by atoms with Gasteiger partial charge in [0.25, 0.3) is 11.5 Å². The molecule has 0 aliphatic carbocycles. The average molecular weight is 835 g/mol. The molecular weight excluding hydrogens is 785 g/mol. The van der Waals surface area contributed by atoms with Crippen molar-refractivity contribution in [2.45, 2.75) is 69.2 Å². The van der Waals surface area contributed by atoms with Gasteiger partial charge in [0.1, 0.15) is 11.5 Å². The number of rotatable bonds is 10. The number of amides is 2. The minimum absolute atomic E-state index is 0.0458. The third-order valence-electron chi connectivity index (χ3n) is 13.5. The highest BCUT2D eigenvalue weighted by Gasteiger charge is 2.66. The van der Waals surface area contributed by atoms with E-state index in [0.717, 1.165) is 33.0 Å². The zero-order chi connectivity index (χ0) is 42.6. The van der Waals surface area contributed by atoms with Gasteiger partial charge in [-0.1, -0.05) is 91.9 Å². The van der Waals surface area contributed by atoms with E-state index >= 15 is 4.79 Å². The van der Waals surface area contributed by atoms with Gasteiger partial charge in [-0.2, -0.15) is 9.78 Å². The molecule has 9 rings (SSSR count). The molecule has 5 aromatic carbocycles. The monoisotopic (exact) mass is 834 g/mol. The lowest BCUT2D eigenvalue weighted by Crippen LogP contribution is -2.52. The van der Waals surface area contributed by atoms with Crippen molar-refractivity contribution in [2.24, 2.45) is 5.92 Å². The van der Waals surface area contributed by atoms with E-state index in [4.69, 9.17) is 14.2 Å². The highest BCUT2D eigenvalue weighted by Crippen LogP contribution is 2.60. The minimum Gasteiger partial charge on any atom is -0.497 e. The van der Waals surface area contributed by atoms with Crippen LogP contribution in [0.2, 0.25) is 18.6 Å². The van der Waals surface area contributed by atoms with Crippen LogP contribution in [0.4, 0.5) is 5.69 Å². The first kappa shape index (κ1) is 40.3. The summed E-state index contributed by atoms with van der Waals surface area (Å²) < 4.78 is 20.0. The predicted molar refractivity (Wildman–Crippen MR) is 237 cm³/mol. The molecule has 1 saturated heterocycles. The number of aliphatic hydroxyl groups is 1. The molecule has 6 aromatic rings. The number of aliphatic hydroxyl groups excluding tert-OH is 1. The van der Waals surface area contributed by atoms with E-state index in [0.29, 0.717) is 41.0 Å². The molecular formula is C49H50N4O7Si. The van der Waals surface area contributed by atoms with Crippen molar-refractivity contribution < 1.29 is 28.9 Å². The maximum Gasteiger partial charge on any atom is 0.279 e. The fourth-order valence-corrected chi connectivity index (χ4v) is 14.4. The third kappa shape index (κ3) is 6.73. The number of methoxy groups -OCH3 is 2. The molecule has 12 heteroatoms. The normalized spacial score (nSPS) is 22.1. The van der Waals surface area contributed by atoms with Crippen molar-refractivity contribution >= 4 is 41.5 Å². The van der Waals surface area contributed by atoms with Crippen LogP contribution in [-0.4, -0.2) is 72.6 Å². The van der Waals surface area contributed by atoms with Crippen molar-refractivity contribution in [1.29, 1.82) is 0 Å². The Bertz CT molecular complexity index is 2720. The topological polar surface area (TPSA) is 123 Å². The third-order valence-corrected chi connectivity index (χ3v) is 17.9. The Balaban J connectivity index is 1.11. The Morgan fingerprint density at radius 3 is 2.36 bits per heavy atom. The van der Waals surface area contributed by atoms with Crippen LogP contribution in [0.25, 0.3) is 16.5 Å². The summed E-state index contributed by atoms with van der Waals surface area (Å²) in [5.74, 6) is 0.651. The van der Waals surface area contributed by atoms with Crippen LogP contribution in [-0.2, 0) is 39.4 Å². The van der Waals surface area contributed by atoms with Crippen molar-refractivity contribution in [1.82, 2.24) is 14.7 Å². The Hall–Kier alpha value is -6.08. The van der Waals surface area contributed by atoms with Crippen LogP contribution < -0.4 is 25.1 Å². The van der Waals surface area contributed by atoms with Gasteiger partial charge in [0.2, 0.25) is 5.91 Å². The van der Waals surface area contributed by atoms with Crippen LogP contribution in [0, 0.1) is 5.92 Å². The zero-order valence-corrected chi connectivity index (χ0v) is 36.1. The number of hydrogen-bond donors (Lipinski definition) is 1. The van der Waals surface area contributed by atoms with E-state index in [1.807, 2.05) is 91.0 Å². The summed E-state index contributed by atoms with van der Waals surface area (Å²) >= 11 is 0. The fraction of sp³-hybridized carbons (Fsp3) is 0.306. The van der Waals surface area contributed by atoms with Crippen molar-refractivity contribution in [3.63, 3.8) is 0 Å². The molecule has 0 saturated carbocycles. The van der Waals surface area contributed by atoms with Gasteiger partial charge in [-0.15, -0.1) is 0 Å². The first-order valence-electron chi connectivity index (χ1n) is 20.8. The first-order chi connectivity index (χ1) is 29.5. The van der Waals surface area contributed by atoms with E-state index in [2.05, 4.69) is 43.3 Å². The standard InChI is InChI=1S/C49H50N4O7Si/c1-31-46(61(4,5)40-20-17-38(58-2)18-21-40)44(26-45(55)51-29-35-14-7-6-12-33(35)24-37(51)30-54)60-49(31)42-25-39(59-3)19-22-43(42)52(48(49)57)28-32-11-10-15-36(23-32)53-47(56)41-16-9-8-13-34(41)27-50-53/h6-23,25,27,31,37,44,46,54H,24,26,28-30H2,1-5H3/t31-,37+,44+,46-,49+/m1/s1. The maximum absolute atomic E-state index is 15.6. The largest absolute Gasteiger partial charge is 0.497 e. The van der Waals surface area contributed by atoms with Gasteiger partial charge in [0.05, 0.1) is 77.0 Å². The van der Waals surface area contributed by atoms with Crippen LogP contribution in [0.3, 0.4) is 0 Å². The number of carbonyl (C=O) groups excluding carboxylic acids is 2. The summed E-state index contributed by atoms with van der Waals surface area (Å²) in [6.45, 7) is 7.12. The van der Waals surface area contributed by atoms with Gasteiger partial charge in [0, 0.05) is 23.4 Å². The van der Waals surface area contributed by atoms with Crippen molar-refractivity contribution in [3.05, 3.63) is 154 Å². The molecule has 1 spiro atoms. The number of ether oxygens (including phenoxy) is 3. The molecule has 3 aliphatic rings. The molecule has 0 bridgehead atoms. The second kappa shape index (κ2) is 15.7. The predicted octanol–water partition coefficient (Wildman–Crippen LogP) is 6.50. The molecule has 1 aromatic heterocycles. The number of anilines is 1. The molecule has 312 valence electrons. The number of fused-ring (bicyclic) bond motifs is 4. The second-order valence-corrected chi connectivity index (χ2v) is 21.8. The van der Waals surface area contributed by atoms with Crippen LogP contribution >= 0.6 is 0 Å². The number of nitrogens with zero attached hydrogens (tertiary/aromatic N) is 4. The second-order valence-electron chi connectivity index (χ2n) is 17.1. The van der Waals surface area contributed by atoms with Crippen LogP contribution in [0.1, 0.15) is 35.6 Å². The lowest BCUT2D eigenvalue weighted by Gasteiger charge is -2.39. The van der Waals surface area contributed by atoms with E-state index in [1.54, 1.807) is 36.3 Å². The lowest BCUT2D eigenvalue weighted by molar-refractivity contribution is -0.151. The fourth-order valence-electron chi connectivity index (χ4n) is 10.4. The van der Waals surface area contributed by atoms with E-state index in [1.165, 1.54) is 4.68 Å². The first-order valence-corrected chi connectivity index (χ1v) is 23.9.